The van der Waals surface area contributed by atoms with Crippen LogP contribution >= 0.6 is 0 Å². The van der Waals surface area contributed by atoms with Gasteiger partial charge in [0.2, 0.25) is 0 Å². The zero-order valence-electron chi connectivity index (χ0n) is 15.1. The van der Waals surface area contributed by atoms with E-state index < -0.39 is 0 Å². The Bertz CT molecular complexity index is 562. The van der Waals surface area contributed by atoms with E-state index in [0.29, 0.717) is 5.41 Å². The molecule has 0 heterocycles. The van der Waals surface area contributed by atoms with Gasteiger partial charge in [0.15, 0.2) is 6.04 Å². The highest BCUT2D eigenvalue weighted by Crippen LogP contribution is 2.59. The van der Waals surface area contributed by atoms with Crippen molar-refractivity contribution in [1.82, 2.24) is 0 Å². The minimum atomic E-state index is 0.00297. The molecule has 2 N–H and O–H groups in total. The Morgan fingerprint density at radius 1 is 1.12 bits per heavy atom. The number of rotatable bonds is 5. The summed E-state index contributed by atoms with van der Waals surface area (Å²) in [7, 11) is 1.90. The third kappa shape index (κ3) is 2.99. The lowest BCUT2D eigenvalue weighted by molar-refractivity contribution is -0.686. The van der Waals surface area contributed by atoms with Crippen LogP contribution in [-0.2, 0) is 4.79 Å². The zero-order chi connectivity index (χ0) is 16.7. The molecule has 0 saturated heterocycles. The maximum Gasteiger partial charge on any atom is 0.284 e. The second kappa shape index (κ2) is 6.18. The van der Waals surface area contributed by atoms with Crippen molar-refractivity contribution in [1.29, 1.82) is 0 Å². The minimum absolute atomic E-state index is 0.00297. The summed E-state index contributed by atoms with van der Waals surface area (Å²) in [5.41, 5.74) is 1.52. The summed E-state index contributed by atoms with van der Waals surface area (Å²) in [6.07, 6.45) is 8.74. The van der Waals surface area contributed by atoms with Crippen molar-refractivity contribution in [2.45, 2.75) is 51.5 Å². The standard InChI is InChI=1S/C21H30N2O/c1-15(20(24)23(2)19-6-4-3-5-7-19)22-14-21-11-16-8-17(12-21)10-18(9-16)13-21/h3-7,15-18,22H,8-14H2,1-2H3/p+1/t15-,16?,17?,18?,21?/m1/s1. The number of hydrogen-bond donors (Lipinski definition) is 1. The fourth-order valence-corrected chi connectivity index (χ4v) is 6.15. The zero-order valence-corrected chi connectivity index (χ0v) is 15.1. The molecule has 4 bridgehead atoms. The van der Waals surface area contributed by atoms with Crippen LogP contribution in [0.5, 0.6) is 0 Å². The molecule has 3 heteroatoms. The van der Waals surface area contributed by atoms with Crippen LogP contribution in [0.4, 0.5) is 5.69 Å². The highest BCUT2D eigenvalue weighted by atomic mass is 16.2. The molecule has 4 aliphatic carbocycles. The summed E-state index contributed by atoms with van der Waals surface area (Å²) >= 11 is 0. The number of likely N-dealkylation sites (N-methyl/N-ethyl adjacent to an activating group) is 1. The van der Waals surface area contributed by atoms with Crippen molar-refractivity contribution < 1.29 is 10.1 Å². The van der Waals surface area contributed by atoms with Gasteiger partial charge in [-0.25, -0.2) is 0 Å². The van der Waals surface area contributed by atoms with Gasteiger partial charge in [-0.1, -0.05) is 18.2 Å². The predicted octanol–water partition coefficient (Wildman–Crippen LogP) is 2.82. The molecule has 0 unspecified atom stereocenters. The second-order valence-corrected chi connectivity index (χ2v) is 8.88. The van der Waals surface area contributed by atoms with Crippen LogP contribution in [0, 0.1) is 23.2 Å². The van der Waals surface area contributed by atoms with Crippen LogP contribution in [0.1, 0.15) is 45.4 Å². The minimum Gasteiger partial charge on any atom is -0.336 e. The Hall–Kier alpha value is -1.35. The molecule has 1 amide bonds. The van der Waals surface area contributed by atoms with E-state index in [1.54, 1.807) is 4.90 Å². The molecular weight excluding hydrogens is 296 g/mol. The molecule has 1 atom stereocenters. The molecule has 0 aromatic heterocycles. The number of benzene rings is 1. The first-order valence-electron chi connectivity index (χ1n) is 9.71. The number of nitrogens with zero attached hydrogens (tertiary/aromatic N) is 1. The summed E-state index contributed by atoms with van der Waals surface area (Å²) in [5.74, 6) is 3.18. The second-order valence-electron chi connectivity index (χ2n) is 8.88. The number of amides is 1. The maximum atomic E-state index is 12.8. The van der Waals surface area contributed by atoms with E-state index in [2.05, 4.69) is 12.2 Å². The average molecular weight is 327 g/mol. The van der Waals surface area contributed by atoms with Crippen LogP contribution in [0.3, 0.4) is 0 Å². The molecule has 5 rings (SSSR count). The van der Waals surface area contributed by atoms with Crippen molar-refractivity contribution in [3.05, 3.63) is 30.3 Å². The summed E-state index contributed by atoms with van der Waals surface area (Å²) < 4.78 is 0. The van der Waals surface area contributed by atoms with Gasteiger partial charge in [-0.15, -0.1) is 0 Å². The first kappa shape index (κ1) is 16.1. The molecule has 1 aromatic rings. The van der Waals surface area contributed by atoms with Gasteiger partial charge in [-0.3, -0.25) is 4.79 Å². The summed E-state index contributed by atoms with van der Waals surface area (Å²) in [4.78, 5) is 14.6. The number of nitrogens with two attached hydrogens (primary N) is 1. The predicted molar refractivity (Wildman–Crippen MR) is 96.7 cm³/mol. The number of carbonyl (C=O) groups is 1. The van der Waals surface area contributed by atoms with Crippen molar-refractivity contribution in [3.8, 4) is 0 Å². The largest absolute Gasteiger partial charge is 0.336 e. The van der Waals surface area contributed by atoms with Crippen LogP contribution in [0.25, 0.3) is 0 Å². The summed E-state index contributed by atoms with van der Waals surface area (Å²) in [5, 5.41) is 2.33. The Kier molecular flexibility index (Phi) is 4.16. The monoisotopic (exact) mass is 327 g/mol. The van der Waals surface area contributed by atoms with Gasteiger partial charge in [0.1, 0.15) is 0 Å². The van der Waals surface area contributed by atoms with Gasteiger partial charge in [0.25, 0.3) is 5.91 Å². The molecule has 4 aliphatic rings. The smallest absolute Gasteiger partial charge is 0.284 e. The lowest BCUT2D eigenvalue weighted by Gasteiger charge is -2.56. The number of quaternary nitrogens is 1. The Labute approximate surface area is 145 Å². The van der Waals surface area contributed by atoms with Crippen LogP contribution in [0.15, 0.2) is 30.3 Å². The van der Waals surface area contributed by atoms with Gasteiger partial charge in [-0.05, 0) is 75.3 Å². The van der Waals surface area contributed by atoms with Crippen molar-refractivity contribution in [2.24, 2.45) is 23.2 Å². The molecule has 130 valence electrons. The summed E-state index contributed by atoms with van der Waals surface area (Å²) in [6, 6.07) is 9.98. The average Bonchev–Trinajstić information content (AvgIpc) is 2.58. The Balaban J connectivity index is 1.36. The normalized spacial score (nSPS) is 35.0. The van der Waals surface area contributed by atoms with Gasteiger partial charge in [-0.2, -0.15) is 0 Å². The molecule has 4 fully saturated rings. The van der Waals surface area contributed by atoms with E-state index in [1.165, 1.54) is 38.5 Å². The van der Waals surface area contributed by atoms with Gasteiger partial charge in [0, 0.05) is 18.2 Å². The van der Waals surface area contributed by atoms with E-state index in [9.17, 15) is 4.79 Å². The molecule has 1 aromatic carbocycles. The fourth-order valence-electron chi connectivity index (χ4n) is 6.15. The molecule has 0 radical (unpaired) electrons. The molecular formula is C21H31N2O+. The lowest BCUT2D eigenvalue weighted by Crippen LogP contribution is -2.94. The molecule has 4 saturated carbocycles. The number of carbonyl (C=O) groups excluding carboxylic acids is 1. The Morgan fingerprint density at radius 2 is 1.67 bits per heavy atom. The van der Waals surface area contributed by atoms with Crippen LogP contribution in [0.2, 0.25) is 0 Å². The van der Waals surface area contributed by atoms with E-state index >= 15 is 0 Å². The van der Waals surface area contributed by atoms with Crippen molar-refractivity contribution in [2.75, 3.05) is 18.5 Å². The van der Waals surface area contributed by atoms with Gasteiger partial charge < -0.3 is 10.2 Å². The van der Waals surface area contributed by atoms with Gasteiger partial charge >= 0.3 is 0 Å². The lowest BCUT2D eigenvalue weighted by atomic mass is 9.49. The number of hydrogen-bond acceptors (Lipinski definition) is 1. The fraction of sp³-hybridized carbons (Fsp3) is 0.667. The molecule has 3 nitrogen and oxygen atoms in total. The van der Waals surface area contributed by atoms with E-state index in [0.717, 1.165) is 30.0 Å². The SMILES string of the molecule is C[C@@H]([NH2+]CC12CC3CC(CC(C3)C1)C2)C(=O)N(C)c1ccccc1. The highest BCUT2D eigenvalue weighted by Gasteiger charge is 2.52. The van der Waals surface area contributed by atoms with E-state index in [-0.39, 0.29) is 11.9 Å². The maximum absolute atomic E-state index is 12.8. The highest BCUT2D eigenvalue weighted by molar-refractivity contribution is 5.95. The quantitative estimate of drug-likeness (QED) is 0.887. The van der Waals surface area contributed by atoms with Crippen molar-refractivity contribution >= 4 is 11.6 Å². The number of anilines is 1. The topological polar surface area (TPSA) is 36.9 Å². The van der Waals surface area contributed by atoms with Crippen LogP contribution < -0.4 is 10.2 Å². The molecule has 0 spiro atoms. The van der Waals surface area contributed by atoms with Crippen LogP contribution in [-0.4, -0.2) is 25.5 Å². The number of para-hydroxylation sites is 1. The first-order valence-corrected chi connectivity index (χ1v) is 9.71. The third-order valence-electron chi connectivity index (χ3n) is 6.93. The summed E-state index contributed by atoms with van der Waals surface area (Å²) in [6.45, 7) is 3.22. The molecule has 24 heavy (non-hydrogen) atoms. The van der Waals surface area contributed by atoms with Gasteiger partial charge in [0.05, 0.1) is 6.54 Å². The van der Waals surface area contributed by atoms with E-state index in [4.69, 9.17) is 0 Å². The first-order chi connectivity index (χ1) is 11.5. The van der Waals surface area contributed by atoms with Crippen molar-refractivity contribution in [3.63, 3.8) is 0 Å². The van der Waals surface area contributed by atoms with E-state index in [1.807, 2.05) is 37.4 Å². The third-order valence-corrected chi connectivity index (χ3v) is 6.93. The Morgan fingerprint density at radius 3 is 2.21 bits per heavy atom. The molecule has 0 aliphatic heterocycles.